The minimum atomic E-state index is -1.54. The topological polar surface area (TPSA) is 251 Å². The van der Waals surface area contributed by atoms with Crippen LogP contribution in [0.5, 0.6) is 34.5 Å². The first-order valence-corrected chi connectivity index (χ1v) is 29.4. The smallest absolute Gasteiger partial charge is 0.163 e. The number of fused-ring (bicyclic) bond motifs is 2. The Morgan fingerprint density at radius 3 is 1.48 bits per heavy atom. The molecule has 2 aromatic heterocycles. The monoisotopic (exact) mass is 1180 g/mol. The zero-order chi connectivity index (χ0) is 60.4. The molecular weight excluding hydrogens is 1100 g/mol. The zero-order valence-corrected chi connectivity index (χ0v) is 49.2. The van der Waals surface area contributed by atoms with Gasteiger partial charge in [-0.05, 0) is 184 Å². The number of aliphatic hydroxyl groups is 4. The molecule has 448 valence electrons. The third-order valence-corrected chi connectivity index (χ3v) is 16.7. The molecule has 2 aliphatic heterocycles. The summed E-state index contributed by atoms with van der Waals surface area (Å²) in [4.78, 5) is 36.0. The van der Waals surface area contributed by atoms with Crippen molar-refractivity contribution < 1.29 is 71.4 Å². The summed E-state index contributed by atoms with van der Waals surface area (Å²) in [5.74, 6) is 1.69. The Kier molecular flexibility index (Phi) is 18.3. The number of hydrogen-bond donors (Lipinski definition) is 6. The fourth-order valence-corrected chi connectivity index (χ4v) is 10.4. The van der Waals surface area contributed by atoms with E-state index in [0.29, 0.717) is 90.7 Å². The summed E-state index contributed by atoms with van der Waals surface area (Å²) in [6.07, 6.45) is 4.16. The number of nitrogens with zero attached hydrogens (tertiary/aromatic N) is 2. The summed E-state index contributed by atoms with van der Waals surface area (Å²) in [7, 11) is -1.43. The highest BCUT2D eigenvalue weighted by molar-refractivity contribution is 7.84. The van der Waals surface area contributed by atoms with E-state index in [9.17, 15) is 32.8 Å². The van der Waals surface area contributed by atoms with Gasteiger partial charge in [0, 0.05) is 46.2 Å². The standard InChI is InChI=1S/C34H41FN2O7S.C30H33FN2O6/c1-32(2,3)45(41)37-33(4)20-43-31-25(33)19-29(36-30(31)21-6-9-23(35)10-7-21)34(5,40)15-14-26(39)22-8-13-27(42-17-16-38)28(18-22)44-24-11-12-24;1-29(32)17-38-28-22(29)16-26(33-27(28)18-3-6-20(31)7-4-18)30(2,36)12-11-23(35)19-5-10-24(37-14-13-34)25(15-19)39-21-8-9-21/h6-10,13,18-19,24,37-38,40H,11-12,14-17,20H2,1-5H3;3-7,10,15-16,21,34,36H,8-9,11-14,17,32H2,1-2H3. The maximum atomic E-state index is 13.8. The van der Waals surface area contributed by atoms with Crippen LogP contribution < -0.4 is 38.9 Å². The van der Waals surface area contributed by atoms with Crippen molar-refractivity contribution in [3.63, 3.8) is 0 Å². The Bertz CT molecular complexity index is 3400. The number of carbonyl (C=O) groups excluding carboxylic acids is 2. The summed E-state index contributed by atoms with van der Waals surface area (Å²) in [5, 5.41) is 41.5. The first kappa shape index (κ1) is 61.6. The van der Waals surface area contributed by atoms with E-state index in [1.807, 2.05) is 34.6 Å². The van der Waals surface area contributed by atoms with E-state index in [1.165, 1.54) is 24.3 Å². The van der Waals surface area contributed by atoms with Crippen molar-refractivity contribution in [1.29, 1.82) is 0 Å². The number of ether oxygens (including phenoxy) is 6. The highest BCUT2D eigenvalue weighted by Gasteiger charge is 2.44. The number of hydrogen-bond acceptors (Lipinski definition) is 16. The zero-order valence-electron chi connectivity index (χ0n) is 48.4. The molecule has 2 saturated carbocycles. The molecule has 4 aliphatic rings. The van der Waals surface area contributed by atoms with Crippen molar-refractivity contribution >= 4 is 22.6 Å². The quantitative estimate of drug-likeness (QED) is 0.0309. The van der Waals surface area contributed by atoms with E-state index in [1.54, 1.807) is 86.6 Å². The molecule has 0 amide bonds. The molecule has 2 aliphatic carbocycles. The Morgan fingerprint density at radius 1 is 0.643 bits per heavy atom. The maximum Gasteiger partial charge on any atom is 0.163 e. The van der Waals surface area contributed by atoms with Crippen LogP contribution in [0.4, 0.5) is 8.78 Å². The normalized spacial score (nSPS) is 19.7. The predicted molar refractivity (Wildman–Crippen MR) is 312 cm³/mol. The Morgan fingerprint density at radius 2 is 1.06 bits per heavy atom. The van der Waals surface area contributed by atoms with Gasteiger partial charge in [-0.2, -0.15) is 0 Å². The number of carbonyl (C=O) groups is 2. The van der Waals surface area contributed by atoms with Gasteiger partial charge in [0.25, 0.3) is 0 Å². The van der Waals surface area contributed by atoms with Crippen LogP contribution in [0.3, 0.4) is 0 Å². The van der Waals surface area contributed by atoms with Crippen LogP contribution in [0.2, 0.25) is 0 Å². The van der Waals surface area contributed by atoms with Gasteiger partial charge < -0.3 is 54.6 Å². The molecule has 0 radical (unpaired) electrons. The van der Waals surface area contributed by atoms with Crippen LogP contribution in [-0.2, 0) is 33.3 Å². The van der Waals surface area contributed by atoms with Crippen molar-refractivity contribution in [1.82, 2.24) is 14.7 Å². The lowest BCUT2D eigenvalue weighted by atomic mass is 9.88. The van der Waals surface area contributed by atoms with Crippen LogP contribution in [0.15, 0.2) is 97.1 Å². The third-order valence-electron chi connectivity index (χ3n) is 14.9. The van der Waals surface area contributed by atoms with Crippen molar-refractivity contribution in [2.24, 2.45) is 5.73 Å². The molecule has 17 nitrogen and oxygen atoms in total. The van der Waals surface area contributed by atoms with Gasteiger partial charge in [-0.3, -0.25) is 9.59 Å². The Hall–Kier alpha value is -6.91. The molecule has 6 aromatic rings. The number of aliphatic hydroxyl groups excluding tert-OH is 2. The summed E-state index contributed by atoms with van der Waals surface area (Å²) in [6.45, 7) is 12.9. The molecule has 5 atom stereocenters. The second kappa shape index (κ2) is 25.0. The number of halogens is 2. The second-order valence-corrected chi connectivity index (χ2v) is 25.8. The van der Waals surface area contributed by atoms with Crippen molar-refractivity contribution in [3.8, 4) is 57.0 Å². The van der Waals surface area contributed by atoms with E-state index in [2.05, 4.69) is 4.72 Å². The second-order valence-electron chi connectivity index (χ2n) is 23.8. The molecule has 4 aromatic carbocycles. The number of Topliss-reactive ketones (excluding diaryl/α,β-unsaturated/α-hetero) is 2. The largest absolute Gasteiger partial charge is 0.489 e. The third kappa shape index (κ3) is 14.6. The lowest BCUT2D eigenvalue weighted by Gasteiger charge is -2.30. The fourth-order valence-electron chi connectivity index (χ4n) is 9.47. The van der Waals surface area contributed by atoms with E-state index in [-0.39, 0.29) is 94.9 Å². The lowest BCUT2D eigenvalue weighted by molar-refractivity contribution is 0.0395. The SMILES string of the molecule is CC(O)(CCC(=O)c1ccc(OCCO)c(OC2CC2)c1)c1cc2c(c(-c3ccc(F)cc3)n1)OCC2(C)NS(=O)C(C)(C)C.CC1(N)COc2c1cc(C(C)(O)CCC(=O)c1ccc(OCCO)c(OC3CC3)c1)nc2-c1ccc(F)cc1. The lowest BCUT2D eigenvalue weighted by Crippen LogP contribution is -2.47. The van der Waals surface area contributed by atoms with E-state index < -0.39 is 43.8 Å². The molecule has 20 heteroatoms. The van der Waals surface area contributed by atoms with Crippen molar-refractivity contribution in [2.45, 2.75) is 139 Å². The van der Waals surface area contributed by atoms with Gasteiger partial charge in [0.05, 0.1) is 63.6 Å². The van der Waals surface area contributed by atoms with Gasteiger partial charge in [-0.1, -0.05) is 0 Å². The highest BCUT2D eigenvalue weighted by Crippen LogP contribution is 2.47. The molecule has 0 spiro atoms. The first-order valence-electron chi connectivity index (χ1n) is 28.3. The van der Waals surface area contributed by atoms with Crippen molar-refractivity contribution in [2.75, 3.05) is 39.6 Å². The van der Waals surface area contributed by atoms with Crippen LogP contribution in [-0.4, -0.2) is 103 Å². The summed E-state index contributed by atoms with van der Waals surface area (Å²) < 4.78 is 78.2. The Labute approximate surface area is 490 Å². The van der Waals surface area contributed by atoms with Gasteiger partial charge in [0.15, 0.2) is 46.1 Å². The van der Waals surface area contributed by atoms with Crippen molar-refractivity contribution in [3.05, 3.63) is 142 Å². The molecule has 0 saturated heterocycles. The summed E-state index contributed by atoms with van der Waals surface area (Å²) >= 11 is 0. The van der Waals surface area contributed by atoms with Gasteiger partial charge >= 0.3 is 0 Å². The van der Waals surface area contributed by atoms with Crippen LogP contribution in [0.1, 0.15) is 143 Å². The molecule has 4 heterocycles. The molecule has 84 heavy (non-hydrogen) atoms. The summed E-state index contributed by atoms with van der Waals surface area (Å²) in [6, 6.07) is 25.1. The number of nitrogens with two attached hydrogens (primary N) is 1. The first-order chi connectivity index (χ1) is 39.8. The predicted octanol–water partition coefficient (Wildman–Crippen LogP) is 9.57. The molecular formula is C64H74F2N4O13S. The molecule has 0 bridgehead atoms. The van der Waals surface area contributed by atoms with Crippen LogP contribution in [0.25, 0.3) is 22.5 Å². The van der Waals surface area contributed by atoms with E-state index in [0.717, 1.165) is 25.7 Å². The van der Waals surface area contributed by atoms with Crippen LogP contribution >= 0.6 is 0 Å². The molecule has 7 N–H and O–H groups in total. The van der Waals surface area contributed by atoms with Crippen LogP contribution in [0, 0.1) is 11.6 Å². The van der Waals surface area contributed by atoms with Gasteiger partial charge in [0.2, 0.25) is 0 Å². The number of rotatable bonds is 24. The maximum absolute atomic E-state index is 13.8. The Balaban J connectivity index is 0.000000204. The number of benzene rings is 4. The molecule has 2 fully saturated rings. The number of ketones is 2. The summed E-state index contributed by atoms with van der Waals surface area (Å²) in [5.41, 5.74) is 6.78. The minimum Gasteiger partial charge on any atom is -0.489 e. The van der Waals surface area contributed by atoms with E-state index >= 15 is 0 Å². The molecule has 10 rings (SSSR count). The average molecular weight is 1180 g/mol. The van der Waals surface area contributed by atoms with Gasteiger partial charge in [-0.25, -0.2) is 27.7 Å². The number of nitrogens with one attached hydrogen (secondary N) is 1. The van der Waals surface area contributed by atoms with E-state index in [4.69, 9.17) is 54.3 Å². The molecule has 5 unspecified atom stereocenters. The van der Waals surface area contributed by atoms with Gasteiger partial charge in [-0.15, -0.1) is 0 Å². The number of pyridine rings is 2. The average Bonchev–Trinajstić information content (AvgIpc) is 2.08. The van der Waals surface area contributed by atoms with Gasteiger partial charge in [0.1, 0.15) is 60.7 Å². The highest BCUT2D eigenvalue weighted by atomic mass is 32.2. The minimum absolute atomic E-state index is 0.0113. The number of aromatic nitrogens is 2. The fraction of sp³-hybridized carbons (Fsp3) is 0.438.